The van der Waals surface area contributed by atoms with Crippen molar-refractivity contribution in [1.29, 1.82) is 0 Å². The van der Waals surface area contributed by atoms with Crippen LogP contribution in [0.5, 0.6) is 11.5 Å². The highest BCUT2D eigenvalue weighted by molar-refractivity contribution is 5.81. The van der Waals surface area contributed by atoms with Crippen molar-refractivity contribution >= 4 is 24.1 Å². The van der Waals surface area contributed by atoms with Gasteiger partial charge in [0.15, 0.2) is 11.5 Å². The third-order valence-electron chi connectivity index (χ3n) is 6.77. The number of hydrogen-bond acceptors (Lipinski definition) is 9. The molecule has 9 nitrogen and oxygen atoms in total. The van der Waals surface area contributed by atoms with Crippen molar-refractivity contribution in [2.45, 2.75) is 52.1 Å². The van der Waals surface area contributed by atoms with Crippen LogP contribution in [-0.2, 0) is 6.61 Å². The summed E-state index contributed by atoms with van der Waals surface area (Å²) >= 11 is 0. The second-order valence-electron chi connectivity index (χ2n) is 9.64. The van der Waals surface area contributed by atoms with Gasteiger partial charge in [0.25, 0.3) is 0 Å². The Bertz CT molecular complexity index is 1160. The fourth-order valence-corrected chi connectivity index (χ4v) is 4.77. The van der Waals surface area contributed by atoms with E-state index in [0.29, 0.717) is 30.7 Å². The van der Waals surface area contributed by atoms with Crippen LogP contribution in [-0.4, -0.2) is 54.0 Å². The normalized spacial score (nSPS) is 16.0. The lowest BCUT2D eigenvalue weighted by Gasteiger charge is -2.30. The highest BCUT2D eigenvalue weighted by atomic mass is 16.5. The summed E-state index contributed by atoms with van der Waals surface area (Å²) < 4.78 is 11.9. The van der Waals surface area contributed by atoms with E-state index in [4.69, 9.17) is 24.4 Å². The average Bonchev–Trinajstić information content (AvgIpc) is 2.98. The topological polar surface area (TPSA) is 88.0 Å². The molecule has 3 aromatic rings. The van der Waals surface area contributed by atoms with Gasteiger partial charge in [-0.25, -0.2) is 5.43 Å². The summed E-state index contributed by atoms with van der Waals surface area (Å²) in [6.45, 7) is 6.90. The fraction of sp³-hybridized carbons (Fsp3) is 0.448. The lowest BCUT2D eigenvalue weighted by Crippen LogP contribution is -2.34. The highest BCUT2D eigenvalue weighted by Crippen LogP contribution is 2.29. The Labute approximate surface area is 224 Å². The van der Waals surface area contributed by atoms with Gasteiger partial charge in [0, 0.05) is 26.2 Å². The van der Waals surface area contributed by atoms with Crippen LogP contribution in [0.15, 0.2) is 53.6 Å². The smallest absolute Gasteiger partial charge is 0.250 e. The molecule has 38 heavy (non-hydrogen) atoms. The maximum Gasteiger partial charge on any atom is 0.250 e. The Morgan fingerprint density at radius 2 is 1.45 bits per heavy atom. The predicted octanol–water partition coefficient (Wildman–Crippen LogP) is 5.28. The molecule has 1 N–H and O–H groups in total. The zero-order valence-corrected chi connectivity index (χ0v) is 22.2. The van der Waals surface area contributed by atoms with Crippen molar-refractivity contribution in [2.24, 2.45) is 5.10 Å². The van der Waals surface area contributed by atoms with Crippen LogP contribution in [0.25, 0.3) is 0 Å². The van der Waals surface area contributed by atoms with Gasteiger partial charge in [0.05, 0.1) is 12.8 Å². The van der Waals surface area contributed by atoms with Gasteiger partial charge in [0.1, 0.15) is 6.61 Å². The maximum absolute atomic E-state index is 6.02. The summed E-state index contributed by atoms with van der Waals surface area (Å²) in [5.74, 6) is 3.32. The first-order valence-electron chi connectivity index (χ1n) is 13.8. The van der Waals surface area contributed by atoms with Gasteiger partial charge in [-0.2, -0.15) is 20.1 Å². The molecule has 2 fully saturated rings. The quantitative estimate of drug-likeness (QED) is 0.288. The molecular formula is C29H37N7O2. The molecule has 0 unspecified atom stereocenters. The minimum Gasteiger partial charge on any atom is -0.490 e. The summed E-state index contributed by atoms with van der Waals surface area (Å²) in [7, 11) is 0. The van der Waals surface area contributed by atoms with Crippen molar-refractivity contribution in [1.82, 2.24) is 15.0 Å². The largest absolute Gasteiger partial charge is 0.490 e. The Morgan fingerprint density at radius 3 is 2.08 bits per heavy atom. The lowest BCUT2D eigenvalue weighted by molar-refractivity contribution is 0.269. The number of piperidine rings is 2. The zero-order valence-electron chi connectivity index (χ0n) is 22.2. The number of nitrogens with zero attached hydrogens (tertiary/aromatic N) is 6. The number of aromatic nitrogens is 3. The molecule has 2 aliphatic rings. The standard InChI is InChI=1S/C29H37N7O2/c1-2-37-26-20-24(14-15-25(26)38-22-23-12-6-3-7-13-23)21-30-34-27-31-28(35-16-8-4-9-17-35)33-29(32-27)36-18-10-5-11-19-36/h3,6-7,12-15,20-21H,2,4-5,8-11,16-19,22H2,1H3,(H,31,32,33,34)/b30-21-. The Morgan fingerprint density at radius 1 is 0.789 bits per heavy atom. The Kier molecular flexibility index (Phi) is 8.86. The first-order valence-corrected chi connectivity index (χ1v) is 13.8. The van der Waals surface area contributed by atoms with Crippen LogP contribution in [0.4, 0.5) is 17.8 Å². The van der Waals surface area contributed by atoms with Crippen LogP contribution in [0.3, 0.4) is 0 Å². The van der Waals surface area contributed by atoms with E-state index in [0.717, 1.165) is 49.2 Å². The molecule has 5 rings (SSSR count). The third kappa shape index (κ3) is 6.90. The molecule has 3 heterocycles. The zero-order chi connectivity index (χ0) is 26.0. The van der Waals surface area contributed by atoms with Crippen LogP contribution in [0.1, 0.15) is 56.6 Å². The van der Waals surface area contributed by atoms with Gasteiger partial charge in [-0.05, 0) is 74.8 Å². The number of hydrogen-bond donors (Lipinski definition) is 1. The van der Waals surface area contributed by atoms with Crippen molar-refractivity contribution in [2.75, 3.05) is 48.0 Å². The van der Waals surface area contributed by atoms with E-state index in [1.807, 2.05) is 55.5 Å². The van der Waals surface area contributed by atoms with E-state index in [-0.39, 0.29) is 0 Å². The molecule has 0 atom stereocenters. The SMILES string of the molecule is CCOc1cc(/C=N\Nc2nc(N3CCCCC3)nc(N3CCCCC3)n2)ccc1OCc1ccccc1. The molecular weight excluding hydrogens is 478 g/mol. The third-order valence-corrected chi connectivity index (χ3v) is 6.77. The molecule has 0 radical (unpaired) electrons. The Balaban J connectivity index is 1.30. The molecule has 0 bridgehead atoms. The van der Waals surface area contributed by atoms with Gasteiger partial charge in [-0.3, -0.25) is 0 Å². The summed E-state index contributed by atoms with van der Waals surface area (Å²) in [6, 6.07) is 15.9. The van der Waals surface area contributed by atoms with Crippen molar-refractivity contribution in [3.63, 3.8) is 0 Å². The van der Waals surface area contributed by atoms with E-state index in [2.05, 4.69) is 20.3 Å². The first kappa shape index (κ1) is 25.8. The molecule has 1 aromatic heterocycles. The summed E-state index contributed by atoms with van der Waals surface area (Å²) in [4.78, 5) is 18.8. The highest BCUT2D eigenvalue weighted by Gasteiger charge is 2.20. The van der Waals surface area contributed by atoms with E-state index in [1.165, 1.54) is 38.5 Å². The molecule has 9 heteroatoms. The lowest BCUT2D eigenvalue weighted by atomic mass is 10.1. The van der Waals surface area contributed by atoms with E-state index < -0.39 is 0 Å². The monoisotopic (exact) mass is 515 g/mol. The molecule has 2 saturated heterocycles. The molecule has 0 aliphatic carbocycles. The second-order valence-corrected chi connectivity index (χ2v) is 9.64. The molecule has 2 aromatic carbocycles. The summed E-state index contributed by atoms with van der Waals surface area (Å²) in [5, 5.41) is 4.45. The van der Waals surface area contributed by atoms with E-state index in [9.17, 15) is 0 Å². The number of ether oxygens (including phenoxy) is 2. The number of rotatable bonds is 10. The van der Waals surface area contributed by atoms with Crippen molar-refractivity contribution < 1.29 is 9.47 Å². The number of nitrogens with one attached hydrogen (secondary N) is 1. The predicted molar refractivity (Wildman–Crippen MR) is 152 cm³/mol. The van der Waals surface area contributed by atoms with Gasteiger partial charge in [-0.15, -0.1) is 0 Å². The number of benzene rings is 2. The molecule has 0 spiro atoms. The summed E-state index contributed by atoms with van der Waals surface area (Å²) in [6.07, 6.45) is 8.93. The van der Waals surface area contributed by atoms with Gasteiger partial charge in [0.2, 0.25) is 17.8 Å². The number of anilines is 3. The van der Waals surface area contributed by atoms with Gasteiger partial charge < -0.3 is 19.3 Å². The van der Waals surface area contributed by atoms with Crippen LogP contribution >= 0.6 is 0 Å². The second kappa shape index (κ2) is 13.1. The molecule has 0 amide bonds. The van der Waals surface area contributed by atoms with E-state index in [1.54, 1.807) is 6.21 Å². The average molecular weight is 516 g/mol. The van der Waals surface area contributed by atoms with Crippen molar-refractivity contribution in [3.8, 4) is 11.5 Å². The van der Waals surface area contributed by atoms with Crippen LogP contribution in [0.2, 0.25) is 0 Å². The first-order chi connectivity index (χ1) is 18.8. The summed E-state index contributed by atoms with van der Waals surface area (Å²) in [5.41, 5.74) is 5.04. The van der Waals surface area contributed by atoms with Crippen molar-refractivity contribution in [3.05, 3.63) is 59.7 Å². The molecule has 200 valence electrons. The van der Waals surface area contributed by atoms with Gasteiger partial charge >= 0.3 is 0 Å². The van der Waals surface area contributed by atoms with Gasteiger partial charge in [-0.1, -0.05) is 30.3 Å². The fourth-order valence-electron chi connectivity index (χ4n) is 4.77. The van der Waals surface area contributed by atoms with Crippen LogP contribution < -0.4 is 24.7 Å². The molecule has 0 saturated carbocycles. The van der Waals surface area contributed by atoms with E-state index >= 15 is 0 Å². The molecule has 2 aliphatic heterocycles. The maximum atomic E-state index is 6.02. The number of hydrazone groups is 1. The minimum absolute atomic E-state index is 0.463. The minimum atomic E-state index is 0.463. The Hall–Kier alpha value is -3.88. The van der Waals surface area contributed by atoms with Crippen LogP contribution in [0, 0.1) is 0 Å².